The number of rotatable bonds is 7. The highest BCUT2D eigenvalue weighted by Gasteiger charge is 2.23. The van der Waals surface area contributed by atoms with Gasteiger partial charge in [0.25, 0.3) is 0 Å². The predicted molar refractivity (Wildman–Crippen MR) is 132 cm³/mol. The number of anilines is 1. The predicted octanol–water partition coefficient (Wildman–Crippen LogP) is 4.28. The van der Waals surface area contributed by atoms with Gasteiger partial charge in [-0.1, -0.05) is 24.3 Å². The van der Waals surface area contributed by atoms with Crippen LogP contribution in [-0.4, -0.2) is 36.2 Å². The van der Waals surface area contributed by atoms with Crippen molar-refractivity contribution in [1.82, 2.24) is 14.7 Å². The summed E-state index contributed by atoms with van der Waals surface area (Å²) in [5, 5.41) is 3.07. The molecule has 0 spiro atoms. The highest BCUT2D eigenvalue weighted by atomic mass is 16.7. The van der Waals surface area contributed by atoms with Gasteiger partial charge in [0.1, 0.15) is 5.65 Å². The summed E-state index contributed by atoms with van der Waals surface area (Å²) in [5.41, 5.74) is 6.16. The Hall–Kier alpha value is -4.00. The molecule has 7 heteroatoms. The quantitative estimate of drug-likeness (QED) is 0.450. The van der Waals surface area contributed by atoms with Crippen LogP contribution in [0.1, 0.15) is 34.7 Å². The Labute approximate surface area is 198 Å². The summed E-state index contributed by atoms with van der Waals surface area (Å²) in [7, 11) is 4.03. The number of aromatic nitrogens is 2. The minimum atomic E-state index is -0.134. The molecule has 0 fully saturated rings. The fourth-order valence-corrected chi connectivity index (χ4v) is 4.34. The zero-order chi connectivity index (χ0) is 23.7. The third-order valence-corrected chi connectivity index (χ3v) is 6.24. The van der Waals surface area contributed by atoms with E-state index in [1.807, 2.05) is 63.7 Å². The molecule has 0 radical (unpaired) electrons. The van der Waals surface area contributed by atoms with Gasteiger partial charge in [-0.25, -0.2) is 4.98 Å². The number of fused-ring (bicyclic) bond motifs is 2. The summed E-state index contributed by atoms with van der Waals surface area (Å²) in [6.45, 7) is 2.71. The van der Waals surface area contributed by atoms with Crippen LogP contribution in [0.2, 0.25) is 0 Å². The molecule has 1 aliphatic heterocycles. The molecule has 1 N–H and O–H groups in total. The van der Waals surface area contributed by atoms with E-state index < -0.39 is 0 Å². The van der Waals surface area contributed by atoms with Crippen LogP contribution in [0.25, 0.3) is 5.65 Å². The summed E-state index contributed by atoms with van der Waals surface area (Å²) in [6, 6.07) is 18.2. The molecule has 0 saturated heterocycles. The Balaban J connectivity index is 1.39. The van der Waals surface area contributed by atoms with E-state index in [0.717, 1.165) is 39.5 Å². The third-order valence-electron chi connectivity index (χ3n) is 6.24. The van der Waals surface area contributed by atoms with Crippen LogP contribution in [-0.2, 0) is 11.3 Å². The van der Waals surface area contributed by atoms with Crippen molar-refractivity contribution in [2.75, 3.05) is 25.8 Å². The van der Waals surface area contributed by atoms with E-state index in [-0.39, 0.29) is 18.6 Å². The van der Waals surface area contributed by atoms with E-state index in [2.05, 4.69) is 43.9 Å². The monoisotopic (exact) mass is 456 g/mol. The molecule has 174 valence electrons. The van der Waals surface area contributed by atoms with Crippen LogP contribution >= 0.6 is 0 Å². The topological polar surface area (TPSA) is 68.1 Å². The van der Waals surface area contributed by atoms with Crippen LogP contribution in [0.3, 0.4) is 0 Å². The molecular weight excluding hydrogens is 428 g/mol. The summed E-state index contributed by atoms with van der Waals surface area (Å²) in [5.74, 6) is 1.29. The number of aryl methyl sites for hydroxylation is 1. The summed E-state index contributed by atoms with van der Waals surface area (Å²) in [4.78, 5) is 19.8. The molecule has 1 amide bonds. The standard InChI is InChI=1S/C27H28N4O3/c1-18-5-4-12-31-23(16-29-27(18)31)22(20-7-9-21(10-8-20)30(2)3)14-26(32)28-15-19-6-11-24-25(13-19)34-17-33-24/h4-13,16,22H,14-15,17H2,1-3H3,(H,28,32). The lowest BCUT2D eigenvalue weighted by atomic mass is 9.92. The molecule has 0 bridgehead atoms. The van der Waals surface area contributed by atoms with Crippen molar-refractivity contribution in [3.63, 3.8) is 0 Å². The number of nitrogens with zero attached hydrogens (tertiary/aromatic N) is 3. The van der Waals surface area contributed by atoms with Gasteiger partial charge in [-0.05, 0) is 53.9 Å². The third kappa shape index (κ3) is 4.29. The first kappa shape index (κ1) is 21.8. The average Bonchev–Trinajstić information content (AvgIpc) is 3.49. The summed E-state index contributed by atoms with van der Waals surface area (Å²) in [6.07, 6.45) is 4.21. The van der Waals surface area contributed by atoms with Gasteiger partial charge in [0.15, 0.2) is 11.5 Å². The van der Waals surface area contributed by atoms with Crippen molar-refractivity contribution >= 4 is 17.2 Å². The molecule has 4 aromatic rings. The lowest BCUT2D eigenvalue weighted by Crippen LogP contribution is -2.25. The molecule has 1 aliphatic rings. The minimum Gasteiger partial charge on any atom is -0.454 e. The fourth-order valence-electron chi connectivity index (χ4n) is 4.34. The second kappa shape index (κ2) is 9.09. The van der Waals surface area contributed by atoms with Crippen LogP contribution in [0.4, 0.5) is 5.69 Å². The Bertz CT molecular complexity index is 1330. The van der Waals surface area contributed by atoms with Gasteiger partial charge in [-0.2, -0.15) is 0 Å². The average molecular weight is 457 g/mol. The smallest absolute Gasteiger partial charge is 0.231 e. The summed E-state index contributed by atoms with van der Waals surface area (Å²) < 4.78 is 12.9. The second-order valence-electron chi connectivity index (χ2n) is 8.77. The number of hydrogen-bond donors (Lipinski definition) is 1. The van der Waals surface area contributed by atoms with E-state index in [9.17, 15) is 4.79 Å². The Morgan fingerprint density at radius 2 is 1.91 bits per heavy atom. The van der Waals surface area contributed by atoms with Gasteiger partial charge < -0.3 is 24.1 Å². The Morgan fingerprint density at radius 1 is 1.12 bits per heavy atom. The van der Waals surface area contributed by atoms with Crippen molar-refractivity contribution in [2.45, 2.75) is 25.8 Å². The number of pyridine rings is 1. The first-order valence-corrected chi connectivity index (χ1v) is 11.3. The molecule has 2 aromatic carbocycles. The van der Waals surface area contributed by atoms with Gasteiger partial charge in [0.05, 0.1) is 5.69 Å². The fraction of sp³-hybridized carbons (Fsp3) is 0.259. The molecule has 0 saturated carbocycles. The highest BCUT2D eigenvalue weighted by molar-refractivity contribution is 5.77. The first-order valence-electron chi connectivity index (χ1n) is 11.3. The molecule has 5 rings (SSSR count). The van der Waals surface area contributed by atoms with Crippen LogP contribution in [0, 0.1) is 6.92 Å². The highest BCUT2D eigenvalue weighted by Crippen LogP contribution is 2.33. The first-order chi connectivity index (χ1) is 16.5. The molecule has 3 heterocycles. The van der Waals surface area contributed by atoms with Crippen molar-refractivity contribution in [1.29, 1.82) is 0 Å². The van der Waals surface area contributed by atoms with Crippen molar-refractivity contribution in [3.05, 3.63) is 89.4 Å². The van der Waals surface area contributed by atoms with Crippen LogP contribution in [0.5, 0.6) is 11.5 Å². The van der Waals surface area contributed by atoms with E-state index >= 15 is 0 Å². The number of carbonyl (C=O) groups excluding carboxylic acids is 1. The minimum absolute atomic E-state index is 0.0260. The lowest BCUT2D eigenvalue weighted by Gasteiger charge is -2.19. The SMILES string of the molecule is Cc1cccn2c(C(CC(=O)NCc3ccc4c(c3)OCO4)c3ccc(N(C)C)cc3)cnc12. The van der Waals surface area contributed by atoms with Gasteiger partial charge in [0.2, 0.25) is 12.7 Å². The maximum atomic E-state index is 13.1. The normalized spacial score (nSPS) is 13.1. The van der Waals surface area contributed by atoms with Gasteiger partial charge in [-0.15, -0.1) is 0 Å². The van der Waals surface area contributed by atoms with Gasteiger partial charge >= 0.3 is 0 Å². The molecule has 34 heavy (non-hydrogen) atoms. The maximum absolute atomic E-state index is 13.1. The summed E-state index contributed by atoms with van der Waals surface area (Å²) >= 11 is 0. The largest absolute Gasteiger partial charge is 0.454 e. The number of amides is 1. The number of benzene rings is 2. The molecular formula is C27H28N4O3. The van der Waals surface area contributed by atoms with E-state index in [1.54, 1.807) is 0 Å². The zero-order valence-electron chi connectivity index (χ0n) is 19.6. The molecule has 1 atom stereocenters. The van der Waals surface area contributed by atoms with E-state index in [1.165, 1.54) is 0 Å². The second-order valence-corrected chi connectivity index (χ2v) is 8.77. The zero-order valence-corrected chi connectivity index (χ0v) is 19.6. The van der Waals surface area contributed by atoms with Crippen LogP contribution in [0.15, 0.2) is 67.0 Å². The van der Waals surface area contributed by atoms with E-state index in [4.69, 9.17) is 9.47 Å². The van der Waals surface area contributed by atoms with Crippen molar-refractivity contribution in [2.24, 2.45) is 0 Å². The molecule has 7 nitrogen and oxygen atoms in total. The number of carbonyl (C=O) groups is 1. The van der Waals surface area contributed by atoms with Crippen LogP contribution < -0.4 is 19.7 Å². The van der Waals surface area contributed by atoms with Crippen molar-refractivity contribution < 1.29 is 14.3 Å². The van der Waals surface area contributed by atoms with Crippen molar-refractivity contribution in [3.8, 4) is 11.5 Å². The number of nitrogens with one attached hydrogen (secondary N) is 1. The molecule has 1 unspecified atom stereocenters. The molecule has 2 aromatic heterocycles. The van der Waals surface area contributed by atoms with Gasteiger partial charge in [-0.3, -0.25) is 4.79 Å². The Morgan fingerprint density at radius 3 is 2.71 bits per heavy atom. The maximum Gasteiger partial charge on any atom is 0.231 e. The number of ether oxygens (including phenoxy) is 2. The van der Waals surface area contributed by atoms with Gasteiger partial charge in [0, 0.05) is 51.1 Å². The lowest BCUT2D eigenvalue weighted by molar-refractivity contribution is -0.121. The molecule has 0 aliphatic carbocycles. The van der Waals surface area contributed by atoms with E-state index in [0.29, 0.717) is 18.7 Å². The number of imidazole rings is 1. The number of hydrogen-bond acceptors (Lipinski definition) is 5. The Kier molecular flexibility index (Phi) is 5.84.